The summed E-state index contributed by atoms with van der Waals surface area (Å²) in [5, 5.41) is 0.210. The maximum absolute atomic E-state index is 10.7. The van der Waals surface area contributed by atoms with Crippen molar-refractivity contribution < 1.29 is 8.42 Å². The molecule has 62 valence electrons. The Kier molecular flexibility index (Phi) is 2.08. The van der Waals surface area contributed by atoms with Crippen molar-refractivity contribution in [2.24, 2.45) is 0 Å². The van der Waals surface area contributed by atoms with Crippen LogP contribution in [0.1, 0.15) is 5.69 Å². The Morgan fingerprint density at radius 3 is 2.36 bits per heavy atom. The van der Waals surface area contributed by atoms with Crippen molar-refractivity contribution in [3.8, 4) is 0 Å². The van der Waals surface area contributed by atoms with Crippen LogP contribution >= 0.6 is 22.0 Å². The van der Waals surface area contributed by atoms with Crippen molar-refractivity contribution in [1.29, 1.82) is 0 Å². The average Bonchev–Trinajstić information content (AvgIpc) is 2.08. The van der Waals surface area contributed by atoms with E-state index < -0.39 is 9.05 Å². The molecule has 1 aromatic rings. The van der Waals surface area contributed by atoms with Gasteiger partial charge in [-0.25, -0.2) is 13.4 Å². The minimum Gasteiger partial charge on any atom is -0.375 e. The van der Waals surface area contributed by atoms with Gasteiger partial charge in [-0.1, -0.05) is 11.3 Å². The van der Waals surface area contributed by atoms with Gasteiger partial charge < -0.3 is 5.73 Å². The first-order chi connectivity index (χ1) is 4.91. The van der Waals surface area contributed by atoms with Crippen molar-refractivity contribution >= 4 is 36.2 Å². The molecule has 1 heterocycles. The number of nitrogens with two attached hydrogens (primary N) is 1. The molecule has 0 fully saturated rings. The number of hydrogen-bond acceptors (Lipinski definition) is 5. The first-order valence-electron chi connectivity index (χ1n) is 2.59. The van der Waals surface area contributed by atoms with E-state index in [-0.39, 0.29) is 9.34 Å². The predicted octanol–water partition coefficient (Wildman–Crippen LogP) is 0.961. The molecule has 7 heteroatoms. The molecule has 0 spiro atoms. The Hall–Kier alpha value is -0.330. The molecule has 0 radical (unpaired) electrons. The fourth-order valence-electron chi connectivity index (χ4n) is 0.629. The molecule has 0 aliphatic rings. The van der Waals surface area contributed by atoms with Gasteiger partial charge in [-0.15, -0.1) is 0 Å². The number of thiazole rings is 1. The normalized spacial score (nSPS) is 11.8. The summed E-state index contributed by atoms with van der Waals surface area (Å²) < 4.78 is 21.5. The van der Waals surface area contributed by atoms with Gasteiger partial charge in [0, 0.05) is 10.7 Å². The highest BCUT2D eigenvalue weighted by Gasteiger charge is 2.17. The molecule has 4 nitrogen and oxygen atoms in total. The number of aromatic nitrogens is 1. The average molecular weight is 213 g/mol. The molecule has 1 rings (SSSR count). The van der Waals surface area contributed by atoms with Crippen LogP contribution in [0.25, 0.3) is 0 Å². The van der Waals surface area contributed by atoms with E-state index in [1.165, 1.54) is 0 Å². The van der Waals surface area contributed by atoms with Crippen LogP contribution in [0.2, 0.25) is 0 Å². The fourth-order valence-corrected chi connectivity index (χ4v) is 2.87. The highest BCUT2D eigenvalue weighted by molar-refractivity contribution is 8.15. The zero-order valence-corrected chi connectivity index (χ0v) is 7.92. The lowest BCUT2D eigenvalue weighted by Crippen LogP contribution is -1.88. The Bertz CT molecular complexity index is 369. The quantitative estimate of drug-likeness (QED) is 0.704. The van der Waals surface area contributed by atoms with Gasteiger partial charge in [0.05, 0.1) is 5.69 Å². The van der Waals surface area contributed by atoms with Gasteiger partial charge in [0.25, 0.3) is 9.05 Å². The lowest BCUT2D eigenvalue weighted by molar-refractivity contribution is 0.610. The summed E-state index contributed by atoms with van der Waals surface area (Å²) in [6, 6.07) is 0. The third-order valence-corrected chi connectivity index (χ3v) is 4.16. The highest BCUT2D eigenvalue weighted by Crippen LogP contribution is 2.27. The number of hydrogen-bond donors (Lipinski definition) is 1. The third kappa shape index (κ3) is 1.82. The maximum Gasteiger partial charge on any atom is 0.272 e. The second-order valence-electron chi connectivity index (χ2n) is 1.86. The first kappa shape index (κ1) is 8.76. The summed E-state index contributed by atoms with van der Waals surface area (Å²) in [6.07, 6.45) is 0. The van der Waals surface area contributed by atoms with Gasteiger partial charge in [0.2, 0.25) is 0 Å². The minimum absolute atomic E-state index is 0.0247. The van der Waals surface area contributed by atoms with Crippen molar-refractivity contribution in [2.75, 3.05) is 5.73 Å². The first-order valence-corrected chi connectivity index (χ1v) is 5.71. The number of rotatable bonds is 1. The van der Waals surface area contributed by atoms with Crippen molar-refractivity contribution in [2.45, 2.75) is 11.1 Å². The smallest absolute Gasteiger partial charge is 0.272 e. The molecule has 11 heavy (non-hydrogen) atoms. The molecule has 0 amide bonds. The number of aryl methyl sites for hydroxylation is 1. The van der Waals surface area contributed by atoms with Crippen LogP contribution in [-0.2, 0) is 9.05 Å². The van der Waals surface area contributed by atoms with Crippen LogP contribution in [0.3, 0.4) is 0 Å². The number of nitrogen functional groups attached to an aromatic ring is 1. The van der Waals surface area contributed by atoms with Crippen LogP contribution in [-0.4, -0.2) is 13.4 Å². The van der Waals surface area contributed by atoms with Crippen LogP contribution in [0.15, 0.2) is 4.21 Å². The Morgan fingerprint density at radius 1 is 1.64 bits per heavy atom. The van der Waals surface area contributed by atoms with E-state index in [2.05, 4.69) is 4.98 Å². The molecular weight excluding hydrogens is 208 g/mol. The van der Waals surface area contributed by atoms with Gasteiger partial charge in [-0.05, 0) is 6.92 Å². The van der Waals surface area contributed by atoms with Crippen molar-refractivity contribution in [1.82, 2.24) is 4.98 Å². The number of halogens is 1. The predicted molar refractivity (Wildman–Crippen MR) is 44.3 cm³/mol. The van der Waals surface area contributed by atoms with E-state index in [0.29, 0.717) is 5.69 Å². The molecule has 0 saturated carbocycles. The van der Waals surface area contributed by atoms with E-state index in [9.17, 15) is 8.42 Å². The van der Waals surface area contributed by atoms with E-state index in [1.807, 2.05) is 0 Å². The van der Waals surface area contributed by atoms with Crippen molar-refractivity contribution in [3.05, 3.63) is 5.69 Å². The molecular formula is C4H5ClN2O2S2. The van der Waals surface area contributed by atoms with E-state index in [4.69, 9.17) is 16.4 Å². The Labute approximate surface area is 72.4 Å². The molecule has 0 aliphatic carbocycles. The highest BCUT2D eigenvalue weighted by atomic mass is 35.7. The second-order valence-corrected chi connectivity index (χ2v) is 5.65. The Morgan fingerprint density at radius 2 is 2.18 bits per heavy atom. The number of anilines is 1. The molecule has 0 unspecified atom stereocenters. The SMILES string of the molecule is Cc1nc(N)sc1S(=O)(=O)Cl. The topological polar surface area (TPSA) is 73.0 Å². The summed E-state index contributed by atoms with van der Waals surface area (Å²) in [5.41, 5.74) is 5.61. The Balaban J connectivity index is 3.36. The lowest BCUT2D eigenvalue weighted by atomic mass is 10.6. The van der Waals surface area contributed by atoms with Gasteiger partial charge in [-0.2, -0.15) is 0 Å². The van der Waals surface area contributed by atoms with Crippen LogP contribution in [0, 0.1) is 6.92 Å². The number of nitrogens with zero attached hydrogens (tertiary/aromatic N) is 1. The van der Waals surface area contributed by atoms with Gasteiger partial charge >= 0.3 is 0 Å². The molecule has 1 aromatic heterocycles. The van der Waals surface area contributed by atoms with Gasteiger partial charge in [0.1, 0.15) is 0 Å². The largest absolute Gasteiger partial charge is 0.375 e. The maximum atomic E-state index is 10.7. The lowest BCUT2D eigenvalue weighted by Gasteiger charge is -1.87. The standard InChI is InChI=1S/C4H5ClN2O2S2/c1-2-3(11(5,8)9)10-4(6)7-2/h1H3,(H2,6,7). The molecule has 0 aromatic carbocycles. The van der Waals surface area contributed by atoms with Gasteiger partial charge in [0.15, 0.2) is 9.34 Å². The monoisotopic (exact) mass is 212 g/mol. The molecule has 2 N–H and O–H groups in total. The van der Waals surface area contributed by atoms with E-state index >= 15 is 0 Å². The van der Waals surface area contributed by atoms with Crippen LogP contribution in [0.4, 0.5) is 5.13 Å². The van der Waals surface area contributed by atoms with Gasteiger partial charge in [-0.3, -0.25) is 0 Å². The second kappa shape index (κ2) is 2.62. The summed E-state index contributed by atoms with van der Waals surface area (Å²) >= 11 is 0.868. The third-order valence-electron chi connectivity index (χ3n) is 0.992. The van der Waals surface area contributed by atoms with E-state index in [1.54, 1.807) is 6.92 Å². The molecule has 0 atom stereocenters. The summed E-state index contributed by atoms with van der Waals surface area (Å²) in [5.74, 6) is 0. The molecule has 0 aliphatic heterocycles. The van der Waals surface area contributed by atoms with Crippen LogP contribution < -0.4 is 5.73 Å². The van der Waals surface area contributed by atoms with E-state index in [0.717, 1.165) is 11.3 Å². The van der Waals surface area contributed by atoms with Crippen LogP contribution in [0.5, 0.6) is 0 Å². The minimum atomic E-state index is -3.66. The fraction of sp³-hybridized carbons (Fsp3) is 0.250. The summed E-state index contributed by atoms with van der Waals surface area (Å²) in [7, 11) is 1.40. The molecule has 0 bridgehead atoms. The zero-order chi connectivity index (χ0) is 8.65. The zero-order valence-electron chi connectivity index (χ0n) is 5.54. The summed E-state index contributed by atoms with van der Waals surface area (Å²) in [4.78, 5) is 3.71. The molecule has 0 saturated heterocycles. The van der Waals surface area contributed by atoms with Crippen molar-refractivity contribution in [3.63, 3.8) is 0 Å². The summed E-state index contributed by atoms with van der Waals surface area (Å²) in [6.45, 7) is 1.54.